The topological polar surface area (TPSA) is 185 Å². The summed E-state index contributed by atoms with van der Waals surface area (Å²) >= 11 is 1.78. The van der Waals surface area contributed by atoms with Crippen LogP contribution in [-0.4, -0.2) is 99.0 Å². The molecule has 50 heavy (non-hydrogen) atoms. The first-order chi connectivity index (χ1) is 23.9. The summed E-state index contributed by atoms with van der Waals surface area (Å²) in [5.41, 5.74) is 6.50. The Hall–Kier alpha value is -4.98. The fourth-order valence-corrected chi connectivity index (χ4v) is 7.34. The van der Waals surface area contributed by atoms with Gasteiger partial charge in [-0.25, -0.2) is 19.2 Å². The van der Waals surface area contributed by atoms with Crippen LogP contribution in [0.15, 0.2) is 60.7 Å². The van der Waals surface area contributed by atoms with Gasteiger partial charge in [0.25, 0.3) is 0 Å². The number of ether oxygens (including phenoxy) is 1. The Morgan fingerprint density at radius 2 is 1.28 bits per heavy atom. The summed E-state index contributed by atoms with van der Waals surface area (Å²) in [5, 5.41) is 41.0. The lowest BCUT2D eigenvalue weighted by Gasteiger charge is -2.18. The predicted octanol–water partition coefficient (Wildman–Crippen LogP) is 5.42. The van der Waals surface area contributed by atoms with Gasteiger partial charge in [0.2, 0.25) is 0 Å². The Morgan fingerprint density at radius 3 is 1.84 bits per heavy atom. The number of carboxylic acid groups (broad SMARTS) is 4. The zero-order valence-corrected chi connectivity index (χ0v) is 28.7. The van der Waals surface area contributed by atoms with Gasteiger partial charge in [0.15, 0.2) is 0 Å². The Bertz CT molecular complexity index is 1740. The van der Waals surface area contributed by atoms with Crippen molar-refractivity contribution in [3.05, 3.63) is 82.9 Å². The number of aromatic hydroxyl groups is 1. The number of aliphatic carboxylic acids is 4. The highest BCUT2D eigenvalue weighted by atomic mass is 32.1. The molecule has 1 aromatic heterocycles. The third-order valence-electron chi connectivity index (χ3n) is 8.60. The van der Waals surface area contributed by atoms with Crippen molar-refractivity contribution >= 4 is 45.3 Å². The minimum Gasteiger partial charge on any atom is -0.508 e. The summed E-state index contributed by atoms with van der Waals surface area (Å²) in [6.07, 6.45) is 7.22. The SMILES string of the molecule is COc1cc(Cc2c(-c3ccc(CCN4CCCC4)cc3)sc3cc(O)ccc23)ccc1CN1CCCC1.O=C(O)C(=O)O.O=C(O)C(=O)O. The molecule has 0 radical (unpaired) electrons. The Balaban J connectivity index is 0.000000404. The fourth-order valence-electron chi connectivity index (χ4n) is 6.08. The molecule has 6 rings (SSSR count). The molecular weight excluding hydrogens is 664 g/mol. The molecule has 2 fully saturated rings. The van der Waals surface area contributed by atoms with Crippen LogP contribution in [0.5, 0.6) is 11.5 Å². The first-order valence-electron chi connectivity index (χ1n) is 16.3. The van der Waals surface area contributed by atoms with Gasteiger partial charge in [0, 0.05) is 28.2 Å². The molecule has 13 heteroatoms. The van der Waals surface area contributed by atoms with Crippen LogP contribution in [0, 0.1) is 0 Å². The van der Waals surface area contributed by atoms with Crippen molar-refractivity contribution in [2.75, 3.05) is 39.8 Å². The largest absolute Gasteiger partial charge is 0.508 e. The van der Waals surface area contributed by atoms with Gasteiger partial charge in [-0.3, -0.25) is 4.90 Å². The van der Waals surface area contributed by atoms with E-state index in [1.165, 1.54) is 89.9 Å². The van der Waals surface area contributed by atoms with Crippen LogP contribution in [-0.2, 0) is 38.6 Å². The lowest BCUT2D eigenvalue weighted by atomic mass is 9.97. The number of hydrogen-bond acceptors (Lipinski definition) is 9. The number of carbonyl (C=O) groups is 4. The molecule has 0 bridgehead atoms. The standard InChI is InChI=1S/C33H38N2O2S.2C2H2O4/c1-37-31-21-25(8-11-27(31)23-35-17-4-5-18-35)20-30-29-13-12-28(36)22-32(29)38-33(30)26-9-6-24(7-10-26)14-19-34-15-2-3-16-34;2*3-1(4)2(5)6/h6-13,21-22,36H,2-5,14-20,23H2,1H3;2*(H,3,4)(H,5,6). The summed E-state index contributed by atoms with van der Waals surface area (Å²) in [6.45, 7) is 6.97. The third-order valence-corrected chi connectivity index (χ3v) is 9.84. The highest BCUT2D eigenvalue weighted by Crippen LogP contribution is 2.41. The van der Waals surface area contributed by atoms with E-state index >= 15 is 0 Å². The van der Waals surface area contributed by atoms with E-state index in [0.29, 0.717) is 5.75 Å². The number of methoxy groups -OCH3 is 1. The second-order valence-corrected chi connectivity index (χ2v) is 13.2. The molecule has 0 amide bonds. The predicted molar refractivity (Wildman–Crippen MR) is 189 cm³/mol. The van der Waals surface area contributed by atoms with Crippen molar-refractivity contribution < 1.29 is 49.4 Å². The van der Waals surface area contributed by atoms with Gasteiger partial charge in [-0.2, -0.15) is 0 Å². The molecule has 0 aliphatic carbocycles. The summed E-state index contributed by atoms with van der Waals surface area (Å²) < 4.78 is 6.98. The van der Waals surface area contributed by atoms with E-state index < -0.39 is 23.9 Å². The molecule has 5 N–H and O–H groups in total. The van der Waals surface area contributed by atoms with Gasteiger partial charge < -0.3 is 35.2 Å². The van der Waals surface area contributed by atoms with Crippen LogP contribution in [0.4, 0.5) is 0 Å². The normalized spacial score (nSPS) is 14.3. The van der Waals surface area contributed by atoms with Crippen molar-refractivity contribution in [3.63, 3.8) is 0 Å². The molecule has 3 heterocycles. The molecule has 266 valence electrons. The summed E-state index contributed by atoms with van der Waals surface area (Å²) in [4.78, 5) is 42.8. The van der Waals surface area contributed by atoms with E-state index in [9.17, 15) is 5.11 Å². The number of carboxylic acids is 4. The highest BCUT2D eigenvalue weighted by Gasteiger charge is 2.18. The highest BCUT2D eigenvalue weighted by molar-refractivity contribution is 7.22. The van der Waals surface area contributed by atoms with Crippen LogP contribution in [0.25, 0.3) is 20.5 Å². The second kappa shape index (κ2) is 18.1. The van der Waals surface area contributed by atoms with Gasteiger partial charge >= 0.3 is 23.9 Å². The summed E-state index contributed by atoms with van der Waals surface area (Å²) in [5.74, 6) is -5.99. The molecule has 2 aliphatic rings. The quantitative estimate of drug-likeness (QED) is 0.140. The molecule has 0 spiro atoms. The van der Waals surface area contributed by atoms with Crippen LogP contribution in [0.3, 0.4) is 0 Å². The molecule has 12 nitrogen and oxygen atoms in total. The zero-order chi connectivity index (χ0) is 36.2. The van der Waals surface area contributed by atoms with E-state index in [0.717, 1.165) is 36.4 Å². The third kappa shape index (κ3) is 10.8. The van der Waals surface area contributed by atoms with Gasteiger partial charge in [-0.1, -0.05) is 36.4 Å². The van der Waals surface area contributed by atoms with E-state index in [1.807, 2.05) is 12.1 Å². The number of rotatable bonds is 9. The van der Waals surface area contributed by atoms with Crippen LogP contribution < -0.4 is 4.74 Å². The average molecular weight is 707 g/mol. The van der Waals surface area contributed by atoms with Crippen LogP contribution >= 0.6 is 11.3 Å². The molecule has 0 atom stereocenters. The Labute approximate surface area is 293 Å². The van der Waals surface area contributed by atoms with Crippen molar-refractivity contribution in [1.29, 1.82) is 0 Å². The molecule has 3 aromatic carbocycles. The van der Waals surface area contributed by atoms with E-state index in [4.69, 9.17) is 44.3 Å². The smallest absolute Gasteiger partial charge is 0.414 e. The number of fused-ring (bicyclic) bond motifs is 1. The molecule has 0 saturated carbocycles. The Morgan fingerprint density at radius 1 is 0.720 bits per heavy atom. The molecule has 0 unspecified atom stereocenters. The molecule has 2 saturated heterocycles. The van der Waals surface area contributed by atoms with Crippen LogP contribution in [0.2, 0.25) is 0 Å². The van der Waals surface area contributed by atoms with Gasteiger partial charge in [0.1, 0.15) is 11.5 Å². The second-order valence-electron chi connectivity index (χ2n) is 12.1. The molecule has 2 aliphatic heterocycles. The first kappa shape index (κ1) is 37.8. The number of thiophene rings is 1. The van der Waals surface area contributed by atoms with Crippen molar-refractivity contribution in [3.8, 4) is 21.9 Å². The van der Waals surface area contributed by atoms with Crippen LogP contribution in [0.1, 0.15) is 47.9 Å². The minimum atomic E-state index is -1.82. The van der Waals surface area contributed by atoms with Crippen molar-refractivity contribution in [2.24, 2.45) is 0 Å². The maximum Gasteiger partial charge on any atom is 0.414 e. The van der Waals surface area contributed by atoms with Gasteiger partial charge in [0.05, 0.1) is 7.11 Å². The van der Waals surface area contributed by atoms with E-state index in [-0.39, 0.29) is 0 Å². The number of likely N-dealkylation sites (tertiary alicyclic amines) is 2. The maximum atomic E-state index is 10.2. The number of phenolic OH excluding ortho intramolecular Hbond substituents is 1. The molecule has 4 aromatic rings. The summed E-state index contributed by atoms with van der Waals surface area (Å²) in [6, 6.07) is 21.7. The van der Waals surface area contributed by atoms with E-state index in [2.05, 4.69) is 58.3 Å². The number of benzene rings is 3. The van der Waals surface area contributed by atoms with Gasteiger partial charge in [-0.15, -0.1) is 11.3 Å². The summed E-state index contributed by atoms with van der Waals surface area (Å²) in [7, 11) is 1.78. The van der Waals surface area contributed by atoms with Gasteiger partial charge in [-0.05, 0) is 117 Å². The average Bonchev–Trinajstić information content (AvgIpc) is 3.88. The lowest BCUT2D eigenvalue weighted by molar-refractivity contribution is -0.159. The lowest BCUT2D eigenvalue weighted by Crippen LogP contribution is -2.21. The Kier molecular flexibility index (Phi) is 13.7. The first-order valence-corrected chi connectivity index (χ1v) is 17.1. The van der Waals surface area contributed by atoms with Crippen molar-refractivity contribution in [1.82, 2.24) is 9.80 Å². The van der Waals surface area contributed by atoms with Crippen molar-refractivity contribution in [2.45, 2.75) is 45.1 Å². The zero-order valence-electron chi connectivity index (χ0n) is 27.8. The number of nitrogens with zero attached hydrogens (tertiary/aromatic N) is 2. The van der Waals surface area contributed by atoms with E-state index in [1.54, 1.807) is 18.4 Å². The number of hydrogen-bond donors (Lipinski definition) is 5. The monoisotopic (exact) mass is 706 g/mol. The minimum absolute atomic E-state index is 0.321. The number of phenols is 1. The maximum absolute atomic E-state index is 10.2. The molecular formula is C37H42N2O10S. The fraction of sp³-hybridized carbons (Fsp3) is 0.351.